The van der Waals surface area contributed by atoms with Crippen molar-refractivity contribution in [2.45, 2.75) is 53.5 Å². The zero-order valence-electron chi connectivity index (χ0n) is 10.7. The van der Waals surface area contributed by atoms with Crippen LogP contribution in [0.4, 0.5) is 0 Å². The minimum absolute atomic E-state index is 0.00306. The lowest BCUT2D eigenvalue weighted by Crippen LogP contribution is -2.39. The average Bonchev–Trinajstić information content (AvgIpc) is 2.04. The summed E-state index contributed by atoms with van der Waals surface area (Å²) in [7, 11) is 1.12. The van der Waals surface area contributed by atoms with Crippen LogP contribution in [-0.4, -0.2) is 21.2 Å². The van der Waals surface area contributed by atoms with Crippen LogP contribution in [-0.2, 0) is 0 Å². The lowest BCUT2D eigenvalue weighted by Gasteiger charge is -2.38. The molecule has 0 aliphatic rings. The fourth-order valence-corrected chi connectivity index (χ4v) is 1.85. The maximum Gasteiger partial charge on any atom is 0.0682 e. The van der Waals surface area contributed by atoms with Gasteiger partial charge in [0.2, 0.25) is 0 Å². The molecule has 14 heavy (non-hydrogen) atoms. The molecule has 0 spiro atoms. The van der Waals surface area contributed by atoms with Crippen molar-refractivity contribution >= 4 is 16.0 Å². The number of nitrogens with zero attached hydrogens (tertiary/aromatic N) is 1. The normalized spacial score (nSPS) is 17.1. The van der Waals surface area contributed by atoms with E-state index in [0.29, 0.717) is 5.54 Å². The molecule has 0 aromatic rings. The second kappa shape index (κ2) is 4.47. The molecule has 1 atom stereocenters. The van der Waals surface area contributed by atoms with Crippen molar-refractivity contribution in [3.63, 3.8) is 0 Å². The number of oxime groups is 1. The van der Waals surface area contributed by atoms with E-state index in [4.69, 9.17) is 0 Å². The lowest BCUT2D eigenvalue weighted by atomic mass is 9.70. The van der Waals surface area contributed by atoms with E-state index in [0.717, 1.165) is 22.4 Å². The van der Waals surface area contributed by atoms with Crippen molar-refractivity contribution in [2.24, 2.45) is 16.0 Å². The van der Waals surface area contributed by atoms with Crippen molar-refractivity contribution in [2.75, 3.05) is 0 Å². The van der Waals surface area contributed by atoms with E-state index in [-0.39, 0.29) is 10.8 Å². The molecular weight excluding hydrogens is 190 g/mol. The van der Waals surface area contributed by atoms with Crippen molar-refractivity contribution in [1.29, 1.82) is 0 Å². The molecule has 0 heterocycles. The predicted octanol–water partition coefficient (Wildman–Crippen LogP) is 2.45. The van der Waals surface area contributed by atoms with E-state index in [1.54, 1.807) is 0 Å². The van der Waals surface area contributed by atoms with Gasteiger partial charge in [-0.1, -0.05) is 46.7 Å². The molecule has 2 nitrogen and oxygen atoms in total. The van der Waals surface area contributed by atoms with Gasteiger partial charge in [-0.2, -0.15) is 0 Å². The Morgan fingerprint density at radius 1 is 1.36 bits per heavy atom. The van der Waals surface area contributed by atoms with Gasteiger partial charge in [0.15, 0.2) is 0 Å². The molecular formula is C11H25NOSi. The van der Waals surface area contributed by atoms with Gasteiger partial charge < -0.3 is 5.21 Å². The van der Waals surface area contributed by atoms with Gasteiger partial charge in [0.05, 0.1) is 5.71 Å². The van der Waals surface area contributed by atoms with E-state index < -0.39 is 0 Å². The van der Waals surface area contributed by atoms with Crippen LogP contribution in [0.5, 0.6) is 0 Å². The predicted molar refractivity (Wildman–Crippen MR) is 66.4 cm³/mol. The highest BCUT2D eigenvalue weighted by molar-refractivity contribution is 6.15. The summed E-state index contributed by atoms with van der Waals surface area (Å²) in [6.07, 6.45) is 1.00. The van der Waals surface area contributed by atoms with Gasteiger partial charge in [-0.15, -0.1) is 0 Å². The molecule has 0 aromatic carbocycles. The molecule has 0 amide bonds. The molecule has 0 saturated heterocycles. The second-order valence-electron chi connectivity index (χ2n) is 5.56. The summed E-state index contributed by atoms with van der Waals surface area (Å²) in [4.78, 5) is 0. The Balaban J connectivity index is 5.12. The number of hydrogen-bond donors (Lipinski definition) is 1. The van der Waals surface area contributed by atoms with E-state index >= 15 is 0 Å². The summed E-state index contributed by atoms with van der Waals surface area (Å²) in [5.41, 5.74) is 1.56. The zero-order valence-corrected chi connectivity index (χ0v) is 12.7. The molecule has 0 radical (unpaired) electrons. The third-order valence-corrected chi connectivity index (χ3v) is 5.12. The third kappa shape index (κ3) is 2.59. The minimum Gasteiger partial charge on any atom is -0.411 e. The molecule has 1 unspecified atom stereocenters. The molecule has 0 bridgehead atoms. The van der Waals surface area contributed by atoms with Crippen LogP contribution in [0, 0.1) is 10.8 Å². The second-order valence-corrected chi connectivity index (χ2v) is 7.29. The molecule has 0 saturated carbocycles. The SMILES string of the molecule is CCC(C)(C)C(=NO)C(C)(C)C(C)[SiH3]. The Hall–Kier alpha value is -0.313. The fraction of sp³-hybridized carbons (Fsp3) is 0.909. The smallest absolute Gasteiger partial charge is 0.0682 e. The van der Waals surface area contributed by atoms with Crippen molar-refractivity contribution in [3.05, 3.63) is 0 Å². The summed E-state index contributed by atoms with van der Waals surface area (Å²) >= 11 is 0. The van der Waals surface area contributed by atoms with Crippen molar-refractivity contribution < 1.29 is 5.21 Å². The molecule has 3 heteroatoms. The highest BCUT2D eigenvalue weighted by atomic mass is 28.1. The van der Waals surface area contributed by atoms with Gasteiger partial charge in [-0.3, -0.25) is 0 Å². The Kier molecular flexibility index (Phi) is 4.37. The molecule has 0 aromatic heterocycles. The van der Waals surface area contributed by atoms with Crippen LogP contribution >= 0.6 is 0 Å². The molecule has 0 fully saturated rings. The van der Waals surface area contributed by atoms with Gasteiger partial charge in [-0.05, 0) is 12.0 Å². The minimum atomic E-state index is -0.00306. The van der Waals surface area contributed by atoms with Crippen LogP contribution in [0.2, 0.25) is 5.54 Å². The summed E-state index contributed by atoms with van der Waals surface area (Å²) in [5, 5.41) is 12.7. The Morgan fingerprint density at radius 2 is 1.79 bits per heavy atom. The van der Waals surface area contributed by atoms with Gasteiger partial charge in [0.25, 0.3) is 0 Å². The standard InChI is InChI=1S/C11H25NOSi/c1-7-10(3,4)9(12-13)11(5,6)8(2)14/h8,13H,7H2,1-6,14H3. The maximum absolute atomic E-state index is 9.18. The average molecular weight is 215 g/mol. The molecule has 0 aliphatic carbocycles. The lowest BCUT2D eigenvalue weighted by molar-refractivity contribution is 0.287. The van der Waals surface area contributed by atoms with Crippen LogP contribution in [0.25, 0.3) is 0 Å². The molecule has 84 valence electrons. The van der Waals surface area contributed by atoms with Crippen LogP contribution in [0.1, 0.15) is 48.0 Å². The first kappa shape index (κ1) is 13.7. The van der Waals surface area contributed by atoms with E-state index in [9.17, 15) is 5.21 Å². The van der Waals surface area contributed by atoms with E-state index in [1.807, 2.05) is 0 Å². The van der Waals surface area contributed by atoms with Gasteiger partial charge in [0, 0.05) is 21.1 Å². The first-order valence-electron chi connectivity index (χ1n) is 5.43. The van der Waals surface area contributed by atoms with Gasteiger partial charge >= 0.3 is 0 Å². The number of rotatable bonds is 4. The highest BCUT2D eigenvalue weighted by Gasteiger charge is 2.38. The van der Waals surface area contributed by atoms with E-state index in [1.165, 1.54) is 0 Å². The van der Waals surface area contributed by atoms with Crippen LogP contribution in [0.15, 0.2) is 5.16 Å². The molecule has 1 N–H and O–H groups in total. The van der Waals surface area contributed by atoms with Gasteiger partial charge in [-0.25, -0.2) is 0 Å². The summed E-state index contributed by atoms with van der Waals surface area (Å²) in [5.74, 6) is 0. The molecule has 0 aliphatic heterocycles. The Bertz CT molecular complexity index is 219. The summed E-state index contributed by atoms with van der Waals surface area (Å²) in [6.45, 7) is 13.0. The number of hydrogen-bond acceptors (Lipinski definition) is 2. The highest BCUT2D eigenvalue weighted by Crippen LogP contribution is 2.39. The van der Waals surface area contributed by atoms with E-state index in [2.05, 4.69) is 46.7 Å². The maximum atomic E-state index is 9.18. The Morgan fingerprint density at radius 3 is 2.00 bits per heavy atom. The van der Waals surface area contributed by atoms with Crippen LogP contribution < -0.4 is 0 Å². The molecule has 0 rings (SSSR count). The quantitative estimate of drug-likeness (QED) is 0.332. The summed E-state index contributed by atoms with van der Waals surface area (Å²) < 4.78 is 0. The van der Waals surface area contributed by atoms with Crippen molar-refractivity contribution in [1.82, 2.24) is 0 Å². The monoisotopic (exact) mass is 215 g/mol. The summed E-state index contributed by atoms with van der Waals surface area (Å²) in [6, 6.07) is 0. The zero-order chi connectivity index (χ0) is 11.6. The first-order valence-corrected chi connectivity index (χ1v) is 6.58. The largest absolute Gasteiger partial charge is 0.411 e. The van der Waals surface area contributed by atoms with Gasteiger partial charge in [0.1, 0.15) is 0 Å². The third-order valence-electron chi connectivity index (χ3n) is 3.68. The topological polar surface area (TPSA) is 32.6 Å². The van der Waals surface area contributed by atoms with Crippen LogP contribution in [0.3, 0.4) is 0 Å². The van der Waals surface area contributed by atoms with Crippen molar-refractivity contribution in [3.8, 4) is 0 Å². The Labute approximate surface area is 91.2 Å². The first-order chi connectivity index (χ1) is 6.20. The fourth-order valence-electron chi connectivity index (χ4n) is 1.58.